The number of aryl methyl sites for hydroxylation is 1. The molecule has 38 heteroatoms. The summed E-state index contributed by atoms with van der Waals surface area (Å²) in [6.45, 7) is 5.41. The Hall–Kier alpha value is -10.9. The van der Waals surface area contributed by atoms with Crippen molar-refractivity contribution in [3.05, 3.63) is 146 Å². The van der Waals surface area contributed by atoms with E-state index in [0.29, 0.717) is 31.5 Å². The van der Waals surface area contributed by atoms with E-state index in [-0.39, 0.29) is 139 Å². The number of benzene rings is 6. The van der Waals surface area contributed by atoms with Crippen molar-refractivity contribution in [2.24, 2.45) is 29.6 Å². The molecule has 17 rings (SSSR count). The van der Waals surface area contributed by atoms with Crippen molar-refractivity contribution in [3.63, 3.8) is 0 Å². The van der Waals surface area contributed by atoms with Gasteiger partial charge in [-0.2, -0.15) is 0 Å². The number of carbonyl (C=O) groups is 9. The largest absolute Gasteiger partial charge is 0.508 e. The van der Waals surface area contributed by atoms with E-state index in [4.69, 9.17) is 44.8 Å². The predicted molar refractivity (Wildman–Crippen MR) is 444 cm³/mol. The van der Waals surface area contributed by atoms with Crippen molar-refractivity contribution < 1.29 is 122 Å². The van der Waals surface area contributed by atoms with Gasteiger partial charge >= 0.3 is 0 Å². The van der Waals surface area contributed by atoms with Gasteiger partial charge in [-0.15, -0.1) is 0 Å². The van der Waals surface area contributed by atoms with Crippen molar-refractivity contribution in [3.8, 4) is 62.9 Å². The van der Waals surface area contributed by atoms with Crippen LogP contribution in [-0.4, -0.2) is 234 Å². The predicted octanol–water partition coefficient (Wildman–Crippen LogP) is 0.734. The number of imide groups is 1. The van der Waals surface area contributed by atoms with Gasteiger partial charge in [0.1, 0.15) is 110 Å². The molecule has 5 aliphatic carbocycles. The summed E-state index contributed by atoms with van der Waals surface area (Å²) >= 11 is 7.23. The SMILES string of the molecule is CNCCOc1cc(C(=O)NC(=O)C[C@@H]2NC(=O)[C@H](NC(=O)[C@@H](CC(C)C)NC)[C@H](O)c3ccc(c(C)c3)Oc3cc4cc(c3O[C@@H]3O[C@H](CO)[C@@H](O)[C@H](O)[C@H]3O)Oc3ccc(cc3Cl)[C@@H](O)[C@@H]3NC(=O)[C@H](NC(=O)[C@@H]4NC2=O)c2ccc4c(c2)-c2c(cc(O)cc2C4(O)O)[C@@H](C(=O)NC2C4CC5CC(C4)CC2C5)NC3=O)cc(OCCNC)c1OCCNC. The quantitative estimate of drug-likeness (QED) is 0.0277. The topological polar surface area (TPSA) is 545 Å². The van der Waals surface area contributed by atoms with E-state index in [2.05, 4.69) is 63.8 Å². The Morgan fingerprint density at radius 1 is 0.600 bits per heavy atom. The van der Waals surface area contributed by atoms with E-state index in [1.165, 1.54) is 74.6 Å². The van der Waals surface area contributed by atoms with Crippen LogP contribution in [0.25, 0.3) is 11.1 Å². The number of aliphatic hydroxyl groups excluding tert-OH is 6. The molecule has 6 aromatic carbocycles. The molecule has 15 bridgehead atoms. The molecule has 6 aromatic rings. The number of fused-ring (bicyclic) bond motifs is 12. The van der Waals surface area contributed by atoms with Gasteiger partial charge in [0.25, 0.3) is 5.91 Å². The van der Waals surface area contributed by atoms with Crippen molar-refractivity contribution in [1.29, 1.82) is 0 Å². The minimum Gasteiger partial charge on any atom is -0.508 e. The number of likely N-dealkylation sites (N-methyl/N-ethyl adjacent to an activating group) is 4. The number of phenolic OH excluding ortho intramolecular Hbond substituents is 1. The summed E-state index contributed by atoms with van der Waals surface area (Å²) in [7, 11) is 6.57. The average molecular weight is 1750 g/mol. The Labute approximate surface area is 723 Å². The van der Waals surface area contributed by atoms with Gasteiger partial charge < -0.3 is 138 Å². The van der Waals surface area contributed by atoms with Gasteiger partial charge in [0, 0.05) is 42.4 Å². The highest BCUT2D eigenvalue weighted by atomic mass is 35.5. The first-order chi connectivity index (χ1) is 59.8. The van der Waals surface area contributed by atoms with Crippen molar-refractivity contribution in [2.45, 2.75) is 163 Å². The molecule has 1 saturated heterocycles. The van der Waals surface area contributed by atoms with E-state index < -0.39 is 186 Å². The Morgan fingerprint density at radius 2 is 1.20 bits per heavy atom. The van der Waals surface area contributed by atoms with Crippen LogP contribution >= 0.6 is 11.6 Å². The molecule has 6 heterocycles. The second-order valence-corrected chi connectivity index (χ2v) is 33.8. The molecule has 37 nitrogen and oxygen atoms in total. The van der Waals surface area contributed by atoms with Crippen LogP contribution in [0.15, 0.2) is 91.0 Å². The maximum atomic E-state index is 16.7. The van der Waals surface area contributed by atoms with Crippen molar-refractivity contribution >= 4 is 64.8 Å². The summed E-state index contributed by atoms with van der Waals surface area (Å²) in [5.41, 5.74) is -2.10. The summed E-state index contributed by atoms with van der Waals surface area (Å²) in [4.78, 5) is 141. The van der Waals surface area contributed by atoms with Crippen LogP contribution in [0, 0.1) is 36.5 Å². The maximum absolute atomic E-state index is 16.7. The summed E-state index contributed by atoms with van der Waals surface area (Å²) in [6, 6.07) is 3.73. The fraction of sp³-hybridized carbons (Fsp3) is 0.483. The molecule has 14 atom stereocenters. The summed E-state index contributed by atoms with van der Waals surface area (Å²) < 4.78 is 44.2. The molecular weight excluding hydrogens is 1650 g/mol. The molecule has 11 aliphatic rings. The monoisotopic (exact) mass is 1750 g/mol. The molecule has 125 heavy (non-hydrogen) atoms. The highest BCUT2D eigenvalue weighted by Gasteiger charge is 2.52. The molecule has 5 fully saturated rings. The zero-order valence-electron chi connectivity index (χ0n) is 69.5. The number of halogens is 1. The van der Waals surface area contributed by atoms with Crippen LogP contribution in [0.5, 0.6) is 51.7 Å². The van der Waals surface area contributed by atoms with Crippen molar-refractivity contribution in [2.75, 3.05) is 74.3 Å². The van der Waals surface area contributed by atoms with E-state index in [1.54, 1.807) is 21.1 Å². The standard InChI is InChI=1S/C87H105ClN12O25/c1-37(2)20-54(92-7)79(110)99-69-71(104)42-9-12-56(38(3)21-42)122-60-29-46-30-61(77(60)125-86-75(108)74(107)73(106)62(36-101)124-86)123-57-13-10-43(28-53(57)88)72(105)70-85(116)98-68(83(114)95-65-44-23-39-22-40(25-44)26-45(65)24-39)50-33-48(102)34-52-64(50)49-27-41(8-11-51(49)87(52,117)118)66(81(112)100-70)97-82(113)67(46)96-80(111)55(93-84(69)115)35-63(103)94-78(109)47-31-58(119-17-14-89-4)76(121-19-16-91-6)59(32-47)120-18-15-90-5/h8-13,21,27-34,37,39-40,44-45,54-55,62,65-75,86,89-92,101-102,104-108,117-118H,14-20,22-26,35-36H2,1-7H3,(H,93,115)(H,95,114)(H,96,111)(H,97,113)(H,98,116)(H,99,110)(H,100,112)(H,94,103,109)/t39?,40?,44?,45?,54-,55+,62-,65?,66-,67-,68+,69-,70+,71-,72-,73-,74+,75-,86+/m1/s1. The lowest BCUT2D eigenvalue weighted by molar-refractivity contribution is -0.277. The normalized spacial score (nSPS) is 27.3. The molecule has 9 amide bonds. The minimum absolute atomic E-state index is 0.0154. The fourth-order valence-corrected chi connectivity index (χ4v) is 18.4. The molecule has 4 saturated carbocycles. The third kappa shape index (κ3) is 19.0. The van der Waals surface area contributed by atoms with Gasteiger partial charge in [-0.05, 0) is 214 Å². The summed E-state index contributed by atoms with van der Waals surface area (Å²) in [6.07, 6.45) is -10.7. The molecule has 0 spiro atoms. The second-order valence-electron chi connectivity index (χ2n) is 33.4. The van der Waals surface area contributed by atoms with Crippen LogP contribution in [0.2, 0.25) is 5.02 Å². The van der Waals surface area contributed by atoms with Gasteiger partial charge in [-0.1, -0.05) is 49.7 Å². The zero-order chi connectivity index (χ0) is 89.3. The van der Waals surface area contributed by atoms with Gasteiger partial charge in [0.2, 0.25) is 70.8 Å². The number of rotatable bonds is 25. The Kier molecular flexibility index (Phi) is 27.6. The lowest BCUT2D eigenvalue weighted by Crippen LogP contribution is -2.60. The summed E-state index contributed by atoms with van der Waals surface area (Å²) in [5.74, 6) is -15.6. The molecule has 0 unspecified atom stereocenters. The van der Waals surface area contributed by atoms with Crippen LogP contribution in [-0.2, 0) is 48.9 Å². The second kappa shape index (κ2) is 38.1. The summed E-state index contributed by atoms with van der Waals surface area (Å²) in [5, 5.41) is 139. The number of hydrogen-bond donors (Lipinski definition) is 21. The number of ether oxygens (including phenoxy) is 7. The third-order valence-corrected chi connectivity index (χ3v) is 24.6. The van der Waals surface area contributed by atoms with Crippen LogP contribution < -0.4 is 92.2 Å². The molecule has 0 radical (unpaired) electrons. The highest BCUT2D eigenvalue weighted by Crippen LogP contribution is 2.56. The van der Waals surface area contributed by atoms with E-state index in [9.17, 15) is 55.5 Å². The third-order valence-electron chi connectivity index (χ3n) is 24.3. The minimum atomic E-state index is -2.99. The Bertz CT molecular complexity index is 5070. The first-order valence-corrected chi connectivity index (χ1v) is 42.0. The maximum Gasteiger partial charge on any atom is 0.258 e. The fourth-order valence-electron chi connectivity index (χ4n) is 18.2. The highest BCUT2D eigenvalue weighted by molar-refractivity contribution is 6.32. The van der Waals surface area contributed by atoms with E-state index >= 15 is 33.6 Å². The molecule has 6 aliphatic heterocycles. The smallest absolute Gasteiger partial charge is 0.258 e. The van der Waals surface area contributed by atoms with Gasteiger partial charge in [0.15, 0.2) is 23.0 Å². The van der Waals surface area contributed by atoms with E-state index in [1.807, 2.05) is 13.8 Å². The van der Waals surface area contributed by atoms with Gasteiger partial charge in [-0.25, -0.2) is 0 Å². The van der Waals surface area contributed by atoms with Crippen LogP contribution in [0.4, 0.5) is 0 Å². The lowest BCUT2D eigenvalue weighted by Gasteiger charge is -2.54. The number of hydrogen-bond acceptors (Lipinski definition) is 29. The molecule has 670 valence electrons. The number of phenols is 1. The van der Waals surface area contributed by atoms with E-state index in [0.717, 1.165) is 62.4 Å². The van der Waals surface area contributed by atoms with Crippen LogP contribution in [0.3, 0.4) is 0 Å². The molecule has 0 aromatic heterocycles. The zero-order valence-corrected chi connectivity index (χ0v) is 70.3. The van der Waals surface area contributed by atoms with Gasteiger partial charge in [0.05, 0.1) is 24.1 Å². The molecular formula is C87H105ClN12O25. The first kappa shape index (κ1) is 90.4. The van der Waals surface area contributed by atoms with Crippen LogP contribution in [0.1, 0.15) is 144 Å². The Balaban J connectivity index is 0.948. The molecule has 21 N–H and O–H groups in total. The first-order valence-electron chi connectivity index (χ1n) is 41.7. The number of nitrogens with one attached hydrogen (secondary N) is 12. The average Bonchev–Trinajstić information content (AvgIpc) is 1.63. The Morgan fingerprint density at radius 3 is 1.82 bits per heavy atom. The van der Waals surface area contributed by atoms with Gasteiger partial charge in [-0.3, -0.25) is 48.5 Å². The number of carbonyl (C=O) groups excluding carboxylic acids is 9. The number of aromatic hydroxyl groups is 1. The number of aliphatic hydroxyl groups is 8. The number of amides is 9. The lowest BCUT2D eigenvalue weighted by atomic mass is 9.54. The van der Waals surface area contributed by atoms with Crippen molar-refractivity contribution in [1.82, 2.24) is 63.8 Å².